The molecule has 0 aliphatic heterocycles. The largest absolute Gasteiger partial charge is 0.320 e. The van der Waals surface area contributed by atoms with Gasteiger partial charge in [-0.1, -0.05) is 17.7 Å². The highest BCUT2D eigenvalue weighted by Crippen LogP contribution is 2.23. The second kappa shape index (κ2) is 5.46. The molecule has 1 amide bonds. The molecule has 0 fully saturated rings. The van der Waals surface area contributed by atoms with Crippen LogP contribution >= 0.6 is 27.5 Å². The first-order valence-electron chi connectivity index (χ1n) is 5.13. The van der Waals surface area contributed by atoms with E-state index in [4.69, 9.17) is 11.6 Å². The Balaban J connectivity index is 2.21. The van der Waals surface area contributed by atoms with E-state index >= 15 is 0 Å². The van der Waals surface area contributed by atoms with E-state index in [2.05, 4.69) is 31.4 Å². The van der Waals surface area contributed by atoms with Gasteiger partial charge in [0, 0.05) is 4.47 Å². The smallest absolute Gasteiger partial charge is 0.276 e. The Morgan fingerprint density at radius 2 is 2.06 bits per heavy atom. The lowest BCUT2D eigenvalue weighted by Gasteiger charge is -2.07. The fraction of sp³-hybridized carbons (Fsp3) is 0.0833. The molecule has 1 aromatic carbocycles. The second-order valence-corrected chi connectivity index (χ2v) is 4.92. The Morgan fingerprint density at radius 1 is 1.28 bits per heavy atom. The third-order valence-corrected chi connectivity index (χ3v) is 3.13. The Kier molecular flexibility index (Phi) is 3.93. The zero-order valence-electron chi connectivity index (χ0n) is 9.45. The van der Waals surface area contributed by atoms with Crippen LogP contribution in [0.1, 0.15) is 16.1 Å². The average molecular weight is 327 g/mol. The molecule has 0 aliphatic rings. The molecule has 2 rings (SSSR count). The van der Waals surface area contributed by atoms with Gasteiger partial charge in [0.25, 0.3) is 5.91 Å². The van der Waals surface area contributed by atoms with Gasteiger partial charge >= 0.3 is 0 Å². The number of nitrogens with one attached hydrogen (secondary N) is 1. The van der Waals surface area contributed by atoms with Crippen LogP contribution in [0.5, 0.6) is 0 Å². The molecule has 6 heteroatoms. The van der Waals surface area contributed by atoms with Crippen LogP contribution < -0.4 is 5.32 Å². The molecule has 18 heavy (non-hydrogen) atoms. The highest BCUT2D eigenvalue weighted by molar-refractivity contribution is 9.10. The van der Waals surface area contributed by atoms with Crippen LogP contribution in [0.2, 0.25) is 5.15 Å². The Labute approximate surface area is 118 Å². The van der Waals surface area contributed by atoms with Crippen molar-refractivity contribution in [1.29, 1.82) is 0 Å². The zero-order valence-corrected chi connectivity index (χ0v) is 11.8. The number of anilines is 1. The number of aryl methyl sites for hydroxylation is 1. The van der Waals surface area contributed by atoms with E-state index in [1.54, 1.807) is 0 Å². The first-order chi connectivity index (χ1) is 8.56. The van der Waals surface area contributed by atoms with Crippen molar-refractivity contribution in [3.63, 3.8) is 0 Å². The van der Waals surface area contributed by atoms with Crippen LogP contribution in [-0.2, 0) is 0 Å². The second-order valence-electron chi connectivity index (χ2n) is 3.68. The highest BCUT2D eigenvalue weighted by Gasteiger charge is 2.10. The molecule has 0 radical (unpaired) electrons. The SMILES string of the molecule is Cc1ccc(Br)c(NC(=O)c2ccc(Cl)nn2)c1. The number of hydrogen-bond acceptors (Lipinski definition) is 3. The van der Waals surface area contributed by atoms with E-state index in [1.807, 2.05) is 25.1 Å². The van der Waals surface area contributed by atoms with E-state index in [0.717, 1.165) is 10.0 Å². The van der Waals surface area contributed by atoms with Crippen LogP contribution in [0.4, 0.5) is 5.69 Å². The summed E-state index contributed by atoms with van der Waals surface area (Å²) in [4.78, 5) is 11.9. The monoisotopic (exact) mass is 325 g/mol. The predicted molar refractivity (Wildman–Crippen MR) is 73.9 cm³/mol. The first-order valence-corrected chi connectivity index (χ1v) is 6.30. The fourth-order valence-corrected chi connectivity index (χ4v) is 1.80. The number of amides is 1. The van der Waals surface area contributed by atoms with Crippen LogP contribution in [0, 0.1) is 6.92 Å². The highest BCUT2D eigenvalue weighted by atomic mass is 79.9. The Morgan fingerprint density at radius 3 is 2.72 bits per heavy atom. The summed E-state index contributed by atoms with van der Waals surface area (Å²) in [6, 6.07) is 8.73. The molecule has 1 N–H and O–H groups in total. The van der Waals surface area contributed by atoms with Gasteiger partial charge in [0.15, 0.2) is 10.8 Å². The summed E-state index contributed by atoms with van der Waals surface area (Å²) in [5.74, 6) is -0.328. The maximum atomic E-state index is 11.9. The van der Waals surface area contributed by atoms with Crippen LogP contribution in [0.3, 0.4) is 0 Å². The number of carbonyl (C=O) groups excluding carboxylic acids is 1. The van der Waals surface area contributed by atoms with Crippen molar-refractivity contribution in [2.24, 2.45) is 0 Å². The molecule has 0 aliphatic carbocycles. The van der Waals surface area contributed by atoms with Crippen LogP contribution in [0.25, 0.3) is 0 Å². The van der Waals surface area contributed by atoms with Crippen molar-refractivity contribution >= 4 is 39.1 Å². The molecule has 92 valence electrons. The van der Waals surface area contributed by atoms with Gasteiger partial charge < -0.3 is 5.32 Å². The van der Waals surface area contributed by atoms with E-state index in [-0.39, 0.29) is 16.8 Å². The van der Waals surface area contributed by atoms with E-state index in [0.29, 0.717) is 5.69 Å². The minimum Gasteiger partial charge on any atom is -0.320 e. The summed E-state index contributed by atoms with van der Waals surface area (Å²) in [5, 5.41) is 10.4. The van der Waals surface area contributed by atoms with Crippen molar-refractivity contribution in [3.8, 4) is 0 Å². The normalized spacial score (nSPS) is 10.2. The molecule has 0 saturated heterocycles. The first kappa shape index (κ1) is 13.0. The molecule has 1 heterocycles. The van der Waals surface area contributed by atoms with Crippen molar-refractivity contribution in [3.05, 3.63) is 51.2 Å². The van der Waals surface area contributed by atoms with Gasteiger partial charge in [-0.3, -0.25) is 4.79 Å². The Hall–Kier alpha value is -1.46. The molecule has 0 bridgehead atoms. The van der Waals surface area contributed by atoms with Gasteiger partial charge in [-0.25, -0.2) is 0 Å². The van der Waals surface area contributed by atoms with E-state index in [1.165, 1.54) is 12.1 Å². The molecular formula is C12H9BrClN3O. The predicted octanol–water partition coefficient (Wildman–Crippen LogP) is 3.45. The number of benzene rings is 1. The number of rotatable bonds is 2. The van der Waals surface area contributed by atoms with E-state index < -0.39 is 0 Å². The quantitative estimate of drug-likeness (QED) is 0.919. The molecule has 0 atom stereocenters. The number of nitrogens with zero attached hydrogens (tertiary/aromatic N) is 2. The topological polar surface area (TPSA) is 54.9 Å². The molecule has 1 aromatic heterocycles. The molecule has 0 unspecified atom stereocenters. The summed E-state index contributed by atoms with van der Waals surface area (Å²) in [5.41, 5.74) is 1.96. The fourth-order valence-electron chi connectivity index (χ4n) is 1.36. The lowest BCUT2D eigenvalue weighted by Crippen LogP contribution is -2.14. The minimum atomic E-state index is -0.328. The van der Waals surface area contributed by atoms with Crippen molar-refractivity contribution in [1.82, 2.24) is 10.2 Å². The van der Waals surface area contributed by atoms with Gasteiger partial charge in [0.05, 0.1) is 5.69 Å². The lowest BCUT2D eigenvalue weighted by molar-refractivity contribution is 0.102. The van der Waals surface area contributed by atoms with Gasteiger partial charge in [-0.15, -0.1) is 10.2 Å². The minimum absolute atomic E-state index is 0.216. The molecular weight excluding hydrogens is 318 g/mol. The van der Waals surface area contributed by atoms with Gasteiger partial charge in [0.2, 0.25) is 0 Å². The van der Waals surface area contributed by atoms with Crippen molar-refractivity contribution in [2.45, 2.75) is 6.92 Å². The van der Waals surface area contributed by atoms with Crippen LogP contribution in [-0.4, -0.2) is 16.1 Å². The van der Waals surface area contributed by atoms with E-state index in [9.17, 15) is 4.79 Å². The standard InChI is InChI=1S/C12H9BrClN3O/c1-7-2-3-8(13)10(6-7)15-12(18)9-4-5-11(14)17-16-9/h2-6H,1H3,(H,15,18). The summed E-state index contributed by atoms with van der Waals surface area (Å²) >= 11 is 8.98. The maximum absolute atomic E-state index is 11.9. The zero-order chi connectivity index (χ0) is 13.1. The number of carbonyl (C=O) groups is 1. The summed E-state index contributed by atoms with van der Waals surface area (Å²) in [6.07, 6.45) is 0. The number of halogens is 2. The summed E-state index contributed by atoms with van der Waals surface area (Å²) in [7, 11) is 0. The third kappa shape index (κ3) is 3.05. The Bertz CT molecular complexity index is 586. The number of hydrogen-bond donors (Lipinski definition) is 1. The molecule has 0 saturated carbocycles. The summed E-state index contributed by atoms with van der Waals surface area (Å²) in [6.45, 7) is 1.95. The molecule has 2 aromatic rings. The maximum Gasteiger partial charge on any atom is 0.276 e. The van der Waals surface area contributed by atoms with Crippen molar-refractivity contribution < 1.29 is 4.79 Å². The van der Waals surface area contributed by atoms with Crippen LogP contribution in [0.15, 0.2) is 34.8 Å². The molecule has 0 spiro atoms. The summed E-state index contributed by atoms with van der Waals surface area (Å²) < 4.78 is 0.809. The average Bonchev–Trinajstić information content (AvgIpc) is 2.34. The lowest BCUT2D eigenvalue weighted by atomic mass is 10.2. The number of aromatic nitrogens is 2. The molecule has 4 nitrogen and oxygen atoms in total. The third-order valence-electron chi connectivity index (χ3n) is 2.23. The van der Waals surface area contributed by atoms with Gasteiger partial charge in [0.1, 0.15) is 0 Å². The van der Waals surface area contributed by atoms with Gasteiger partial charge in [-0.2, -0.15) is 0 Å². The van der Waals surface area contributed by atoms with Crippen molar-refractivity contribution in [2.75, 3.05) is 5.32 Å². The van der Waals surface area contributed by atoms with Gasteiger partial charge in [-0.05, 0) is 52.7 Å².